The third-order valence-corrected chi connectivity index (χ3v) is 3.63. The van der Waals surface area contributed by atoms with E-state index in [-0.39, 0.29) is 0 Å². The zero-order valence-corrected chi connectivity index (χ0v) is 8.79. The van der Waals surface area contributed by atoms with Crippen LogP contribution >= 0.6 is 0 Å². The Bertz CT molecular complexity index is 148. The summed E-state index contributed by atoms with van der Waals surface area (Å²) in [4.78, 5) is 0. The highest BCUT2D eigenvalue weighted by atomic mass is 16.3. The Hall–Kier alpha value is -0.0800. The molecule has 0 saturated heterocycles. The molecule has 1 fully saturated rings. The predicted octanol–water partition coefficient (Wildman–Crippen LogP) is 2.09. The summed E-state index contributed by atoms with van der Waals surface area (Å²) in [5, 5.41) is 19.9. The number of aliphatic hydroxyl groups is 2. The van der Waals surface area contributed by atoms with Crippen molar-refractivity contribution in [3.05, 3.63) is 0 Å². The molecule has 2 heteroatoms. The van der Waals surface area contributed by atoms with Crippen molar-refractivity contribution in [3.63, 3.8) is 0 Å². The average Bonchev–Trinajstić information content (AvgIpc) is 2.09. The van der Waals surface area contributed by atoms with Crippen molar-refractivity contribution in [1.82, 2.24) is 0 Å². The smallest absolute Gasteiger partial charge is 0.0900 e. The maximum atomic E-state index is 10.0. The van der Waals surface area contributed by atoms with Crippen LogP contribution in [-0.4, -0.2) is 21.9 Å². The van der Waals surface area contributed by atoms with Gasteiger partial charge in [0.15, 0.2) is 0 Å². The van der Waals surface area contributed by atoms with Crippen molar-refractivity contribution in [2.24, 2.45) is 5.92 Å². The summed E-state index contributed by atoms with van der Waals surface area (Å²) in [6, 6.07) is 0. The molecule has 1 rings (SSSR count). The quantitative estimate of drug-likeness (QED) is 0.690. The topological polar surface area (TPSA) is 40.5 Å². The van der Waals surface area contributed by atoms with Crippen LogP contribution in [0, 0.1) is 5.92 Å². The van der Waals surface area contributed by atoms with E-state index in [1.165, 1.54) is 19.3 Å². The SMILES string of the molecule is CCC(O)(CC)C(O)CC1CCC1. The molecule has 1 atom stereocenters. The van der Waals surface area contributed by atoms with Crippen LogP contribution in [0.5, 0.6) is 0 Å². The third-order valence-electron chi connectivity index (χ3n) is 3.63. The zero-order chi connectivity index (χ0) is 9.90. The molecule has 0 amide bonds. The fourth-order valence-electron chi connectivity index (χ4n) is 1.98. The van der Waals surface area contributed by atoms with Crippen molar-refractivity contribution in [2.75, 3.05) is 0 Å². The highest BCUT2D eigenvalue weighted by Gasteiger charge is 2.34. The Morgan fingerprint density at radius 1 is 1.31 bits per heavy atom. The summed E-state index contributed by atoms with van der Waals surface area (Å²) in [6.07, 6.45) is 5.34. The maximum absolute atomic E-state index is 10.0. The van der Waals surface area contributed by atoms with Crippen LogP contribution in [0.1, 0.15) is 52.4 Å². The second kappa shape index (κ2) is 4.43. The molecule has 1 aliphatic carbocycles. The van der Waals surface area contributed by atoms with Gasteiger partial charge in [-0.25, -0.2) is 0 Å². The van der Waals surface area contributed by atoms with Gasteiger partial charge in [0.25, 0.3) is 0 Å². The van der Waals surface area contributed by atoms with E-state index >= 15 is 0 Å². The van der Waals surface area contributed by atoms with Gasteiger partial charge in [-0.15, -0.1) is 0 Å². The van der Waals surface area contributed by atoms with E-state index in [1.807, 2.05) is 13.8 Å². The highest BCUT2D eigenvalue weighted by molar-refractivity contribution is 4.86. The summed E-state index contributed by atoms with van der Waals surface area (Å²) in [5.74, 6) is 0.666. The van der Waals surface area contributed by atoms with Gasteiger partial charge in [0, 0.05) is 0 Å². The van der Waals surface area contributed by atoms with E-state index in [4.69, 9.17) is 0 Å². The third kappa shape index (κ3) is 2.44. The van der Waals surface area contributed by atoms with Gasteiger partial charge in [-0.05, 0) is 25.2 Å². The van der Waals surface area contributed by atoms with Crippen LogP contribution in [0.2, 0.25) is 0 Å². The Kier molecular flexibility index (Phi) is 3.74. The minimum Gasteiger partial charge on any atom is -0.390 e. The van der Waals surface area contributed by atoms with Gasteiger partial charge >= 0.3 is 0 Å². The molecule has 1 unspecified atom stereocenters. The number of aliphatic hydroxyl groups excluding tert-OH is 1. The van der Waals surface area contributed by atoms with Gasteiger partial charge < -0.3 is 10.2 Å². The minimum absolute atomic E-state index is 0.521. The average molecular weight is 186 g/mol. The van der Waals surface area contributed by atoms with Crippen LogP contribution in [0.15, 0.2) is 0 Å². The first kappa shape index (κ1) is 11.0. The molecule has 0 aliphatic heterocycles. The molecule has 0 aromatic carbocycles. The molecule has 0 aromatic heterocycles. The molecule has 0 spiro atoms. The van der Waals surface area contributed by atoms with Crippen LogP contribution < -0.4 is 0 Å². The predicted molar refractivity (Wildman–Crippen MR) is 53.5 cm³/mol. The van der Waals surface area contributed by atoms with Crippen molar-refractivity contribution in [2.45, 2.75) is 64.1 Å². The second-order valence-electron chi connectivity index (χ2n) is 4.36. The Morgan fingerprint density at radius 2 is 1.85 bits per heavy atom. The largest absolute Gasteiger partial charge is 0.390 e. The molecule has 0 heterocycles. The van der Waals surface area contributed by atoms with Gasteiger partial charge in [0.2, 0.25) is 0 Å². The van der Waals surface area contributed by atoms with Gasteiger partial charge in [-0.1, -0.05) is 33.1 Å². The maximum Gasteiger partial charge on any atom is 0.0900 e. The molecule has 1 aliphatic rings. The summed E-state index contributed by atoms with van der Waals surface area (Å²) in [7, 11) is 0. The van der Waals surface area contributed by atoms with Crippen molar-refractivity contribution in [3.8, 4) is 0 Å². The lowest BCUT2D eigenvalue weighted by Gasteiger charge is -2.35. The van der Waals surface area contributed by atoms with E-state index in [0.29, 0.717) is 18.8 Å². The lowest BCUT2D eigenvalue weighted by Crippen LogP contribution is -2.42. The normalized spacial score (nSPS) is 21.2. The fraction of sp³-hybridized carbons (Fsp3) is 1.00. The molecule has 0 bridgehead atoms. The molecule has 13 heavy (non-hydrogen) atoms. The monoisotopic (exact) mass is 186 g/mol. The molecule has 2 nitrogen and oxygen atoms in total. The van der Waals surface area contributed by atoms with Crippen LogP contribution in [0.25, 0.3) is 0 Å². The van der Waals surface area contributed by atoms with E-state index in [9.17, 15) is 10.2 Å². The summed E-state index contributed by atoms with van der Waals surface area (Å²) >= 11 is 0. The first-order valence-corrected chi connectivity index (χ1v) is 5.52. The van der Waals surface area contributed by atoms with Crippen molar-refractivity contribution < 1.29 is 10.2 Å². The van der Waals surface area contributed by atoms with E-state index in [1.54, 1.807) is 0 Å². The number of hydrogen-bond donors (Lipinski definition) is 2. The summed E-state index contributed by atoms with van der Waals surface area (Å²) in [6.45, 7) is 3.88. The first-order valence-electron chi connectivity index (χ1n) is 5.52. The van der Waals surface area contributed by atoms with E-state index in [0.717, 1.165) is 6.42 Å². The molecule has 78 valence electrons. The van der Waals surface area contributed by atoms with Crippen molar-refractivity contribution >= 4 is 0 Å². The lowest BCUT2D eigenvalue weighted by molar-refractivity contribution is -0.0922. The summed E-state index contributed by atoms with van der Waals surface area (Å²) < 4.78 is 0. The lowest BCUT2D eigenvalue weighted by atomic mass is 9.77. The minimum atomic E-state index is -0.838. The van der Waals surface area contributed by atoms with Gasteiger partial charge in [0.05, 0.1) is 11.7 Å². The van der Waals surface area contributed by atoms with Gasteiger partial charge in [-0.2, -0.15) is 0 Å². The number of rotatable bonds is 5. The van der Waals surface area contributed by atoms with Crippen LogP contribution in [0.3, 0.4) is 0 Å². The van der Waals surface area contributed by atoms with Crippen LogP contribution in [-0.2, 0) is 0 Å². The number of hydrogen-bond acceptors (Lipinski definition) is 2. The molecule has 0 radical (unpaired) electrons. The van der Waals surface area contributed by atoms with E-state index in [2.05, 4.69) is 0 Å². The Morgan fingerprint density at radius 3 is 2.15 bits per heavy atom. The molecule has 2 N–H and O–H groups in total. The first-order chi connectivity index (χ1) is 6.12. The highest BCUT2D eigenvalue weighted by Crippen LogP contribution is 2.34. The second-order valence-corrected chi connectivity index (χ2v) is 4.36. The Labute approximate surface area is 81.0 Å². The zero-order valence-electron chi connectivity index (χ0n) is 8.79. The van der Waals surface area contributed by atoms with Crippen LogP contribution in [0.4, 0.5) is 0 Å². The van der Waals surface area contributed by atoms with E-state index < -0.39 is 11.7 Å². The molecular weight excluding hydrogens is 164 g/mol. The fourth-order valence-corrected chi connectivity index (χ4v) is 1.98. The summed E-state index contributed by atoms with van der Waals surface area (Å²) in [5.41, 5.74) is -0.838. The molecule has 1 saturated carbocycles. The standard InChI is InChI=1S/C11H22O2/c1-3-11(13,4-2)10(12)8-9-6-5-7-9/h9-10,12-13H,3-8H2,1-2H3. The molecule has 0 aromatic rings. The van der Waals surface area contributed by atoms with Gasteiger partial charge in [-0.3, -0.25) is 0 Å². The Balaban J connectivity index is 2.38. The molecular formula is C11H22O2. The van der Waals surface area contributed by atoms with Crippen molar-refractivity contribution in [1.29, 1.82) is 0 Å². The van der Waals surface area contributed by atoms with Gasteiger partial charge in [0.1, 0.15) is 0 Å².